The Balaban J connectivity index is 0.00000208. The maximum atomic E-state index is 14.2. The van der Waals surface area contributed by atoms with Crippen LogP contribution >= 0.6 is 12.4 Å². The van der Waals surface area contributed by atoms with Gasteiger partial charge in [0.1, 0.15) is 5.82 Å². The van der Waals surface area contributed by atoms with Gasteiger partial charge in [-0.25, -0.2) is 9.37 Å². The molecule has 8 heteroatoms. The van der Waals surface area contributed by atoms with Crippen molar-refractivity contribution in [2.45, 2.75) is 25.0 Å². The van der Waals surface area contributed by atoms with Gasteiger partial charge in [0.15, 0.2) is 0 Å². The Kier molecular flexibility index (Phi) is 6.28. The highest BCUT2D eigenvalue weighted by molar-refractivity contribution is 5.85. The van der Waals surface area contributed by atoms with Crippen LogP contribution in [0.4, 0.5) is 4.39 Å². The van der Waals surface area contributed by atoms with Gasteiger partial charge in [0.05, 0.1) is 30.4 Å². The maximum Gasteiger partial charge on any atom is 0.213 e. The highest BCUT2D eigenvalue weighted by Gasteiger charge is 2.24. The van der Waals surface area contributed by atoms with E-state index in [2.05, 4.69) is 14.9 Å². The van der Waals surface area contributed by atoms with Crippen LogP contribution in [0.25, 0.3) is 11.0 Å². The molecule has 1 fully saturated rings. The highest BCUT2D eigenvalue weighted by atomic mass is 35.5. The third-order valence-corrected chi connectivity index (χ3v) is 4.34. The summed E-state index contributed by atoms with van der Waals surface area (Å²) in [5.74, 6) is 0.0676. The summed E-state index contributed by atoms with van der Waals surface area (Å²) in [6, 6.07) is 3.31. The number of nitrogens with two attached hydrogens (primary N) is 1. The minimum Gasteiger partial charge on any atom is -0.481 e. The average Bonchev–Trinajstić information content (AvgIpc) is 2.56. The Labute approximate surface area is 146 Å². The number of β-amino-alcohol motifs (C(OH)–C–C–N with tert-alkyl or cyclic N) is 1. The Bertz CT molecular complexity index is 703. The smallest absolute Gasteiger partial charge is 0.213 e. The Morgan fingerprint density at radius 3 is 2.96 bits per heavy atom. The number of likely N-dealkylation sites (tertiary alicyclic amines) is 1. The topological polar surface area (TPSA) is 84.5 Å². The van der Waals surface area contributed by atoms with E-state index in [4.69, 9.17) is 10.5 Å². The molecular formula is C16H22ClFN4O2. The maximum absolute atomic E-state index is 14.2. The molecule has 6 nitrogen and oxygen atoms in total. The van der Waals surface area contributed by atoms with E-state index in [0.717, 1.165) is 13.0 Å². The number of hydrogen-bond donors (Lipinski definition) is 2. The number of fused-ring (bicyclic) bond motifs is 1. The fourth-order valence-electron chi connectivity index (χ4n) is 2.92. The number of aliphatic hydroxyl groups is 1. The van der Waals surface area contributed by atoms with E-state index in [1.165, 1.54) is 13.3 Å². The number of nitrogens with zero attached hydrogens (tertiary/aromatic N) is 3. The van der Waals surface area contributed by atoms with E-state index in [9.17, 15) is 9.50 Å². The lowest BCUT2D eigenvalue weighted by Gasteiger charge is -2.34. The van der Waals surface area contributed by atoms with Gasteiger partial charge in [-0.2, -0.15) is 0 Å². The lowest BCUT2D eigenvalue weighted by molar-refractivity contribution is 0.0541. The van der Waals surface area contributed by atoms with Crippen molar-refractivity contribution in [1.82, 2.24) is 14.9 Å². The number of rotatable bonds is 4. The summed E-state index contributed by atoms with van der Waals surface area (Å²) in [6.45, 7) is 1.96. The molecule has 1 aliphatic rings. The van der Waals surface area contributed by atoms with Crippen LogP contribution in [0.1, 0.15) is 12.0 Å². The number of aliphatic hydroxyl groups excluding tert-OH is 1. The van der Waals surface area contributed by atoms with Crippen LogP contribution in [0.3, 0.4) is 0 Å². The molecule has 3 N–H and O–H groups in total. The molecule has 2 unspecified atom stereocenters. The molecule has 132 valence electrons. The minimum atomic E-state index is -0.527. The molecule has 0 aliphatic carbocycles. The first-order valence-electron chi connectivity index (χ1n) is 7.72. The molecular weight excluding hydrogens is 335 g/mol. The largest absolute Gasteiger partial charge is 0.481 e. The van der Waals surface area contributed by atoms with Crippen LogP contribution in [0.5, 0.6) is 5.88 Å². The number of pyridine rings is 2. The zero-order valence-corrected chi connectivity index (χ0v) is 14.3. The van der Waals surface area contributed by atoms with E-state index >= 15 is 0 Å². The third-order valence-electron chi connectivity index (χ3n) is 4.34. The predicted octanol–water partition coefficient (Wildman–Crippen LogP) is 1.14. The van der Waals surface area contributed by atoms with E-state index in [1.54, 1.807) is 12.1 Å². The van der Waals surface area contributed by atoms with Crippen LogP contribution in [-0.2, 0) is 6.42 Å². The standard InChI is InChI=1S/C16H21FN4O2.ClH/c1-23-15-3-2-13-16(20-15)10(11(17)8-19-13)4-6-21-7-5-12(18)14(22)9-21;/h2-3,8,12,14,22H,4-7,9,18H2,1H3;1H. The SMILES string of the molecule is COc1ccc2ncc(F)c(CCN3CCC(N)C(O)C3)c2n1.Cl. The number of ether oxygens (including phenoxy) is 1. The van der Waals surface area contributed by atoms with Gasteiger partial charge >= 0.3 is 0 Å². The monoisotopic (exact) mass is 356 g/mol. The van der Waals surface area contributed by atoms with Crippen LogP contribution < -0.4 is 10.5 Å². The normalized spacial score (nSPS) is 21.5. The van der Waals surface area contributed by atoms with E-state index in [-0.39, 0.29) is 24.3 Å². The van der Waals surface area contributed by atoms with Gasteiger partial charge in [0, 0.05) is 30.8 Å². The molecule has 1 aliphatic heterocycles. The molecule has 2 aromatic heterocycles. The molecule has 0 radical (unpaired) electrons. The summed E-state index contributed by atoms with van der Waals surface area (Å²) in [5, 5.41) is 9.86. The molecule has 2 atom stereocenters. The van der Waals surface area contributed by atoms with Crippen LogP contribution in [0, 0.1) is 5.82 Å². The zero-order valence-electron chi connectivity index (χ0n) is 13.5. The molecule has 3 heterocycles. The fourth-order valence-corrected chi connectivity index (χ4v) is 2.92. The van der Waals surface area contributed by atoms with Crippen molar-refractivity contribution in [1.29, 1.82) is 0 Å². The van der Waals surface area contributed by atoms with Gasteiger partial charge < -0.3 is 20.5 Å². The predicted molar refractivity (Wildman–Crippen MR) is 92.0 cm³/mol. The van der Waals surface area contributed by atoms with Gasteiger partial charge in [-0.05, 0) is 25.5 Å². The Morgan fingerprint density at radius 1 is 1.46 bits per heavy atom. The van der Waals surface area contributed by atoms with Crippen molar-refractivity contribution >= 4 is 23.4 Å². The van der Waals surface area contributed by atoms with Crippen molar-refractivity contribution < 1.29 is 14.2 Å². The number of halogens is 2. The van der Waals surface area contributed by atoms with Crippen molar-refractivity contribution in [3.8, 4) is 5.88 Å². The number of methoxy groups -OCH3 is 1. The first-order valence-corrected chi connectivity index (χ1v) is 7.72. The quantitative estimate of drug-likeness (QED) is 0.854. The first-order chi connectivity index (χ1) is 11.1. The van der Waals surface area contributed by atoms with Crippen LogP contribution in [0.2, 0.25) is 0 Å². The second-order valence-electron chi connectivity index (χ2n) is 5.88. The molecule has 2 aromatic rings. The number of aromatic nitrogens is 2. The van der Waals surface area contributed by atoms with E-state index in [0.29, 0.717) is 42.0 Å². The summed E-state index contributed by atoms with van der Waals surface area (Å²) in [5.41, 5.74) is 7.50. The molecule has 0 amide bonds. The number of hydrogen-bond acceptors (Lipinski definition) is 6. The minimum absolute atomic E-state index is 0. The number of piperidine rings is 1. The summed E-state index contributed by atoms with van der Waals surface area (Å²) in [6.07, 6.45) is 1.94. The van der Waals surface area contributed by atoms with Gasteiger partial charge in [0.2, 0.25) is 5.88 Å². The van der Waals surface area contributed by atoms with Gasteiger partial charge in [-0.15, -0.1) is 12.4 Å². The van der Waals surface area contributed by atoms with Crippen molar-refractivity contribution in [3.63, 3.8) is 0 Å². The van der Waals surface area contributed by atoms with Gasteiger partial charge in [-0.1, -0.05) is 0 Å². The summed E-state index contributed by atoms with van der Waals surface area (Å²) in [7, 11) is 1.53. The second-order valence-corrected chi connectivity index (χ2v) is 5.88. The van der Waals surface area contributed by atoms with Crippen LogP contribution in [0.15, 0.2) is 18.3 Å². The average molecular weight is 357 g/mol. The van der Waals surface area contributed by atoms with Gasteiger partial charge in [0.25, 0.3) is 0 Å². The Morgan fingerprint density at radius 2 is 2.25 bits per heavy atom. The Hall–Kier alpha value is -1.54. The second kappa shape index (κ2) is 8.02. The zero-order chi connectivity index (χ0) is 16.4. The fraction of sp³-hybridized carbons (Fsp3) is 0.500. The van der Waals surface area contributed by atoms with Gasteiger partial charge in [-0.3, -0.25) is 4.98 Å². The molecule has 1 saturated heterocycles. The molecule has 0 saturated carbocycles. The van der Waals surface area contributed by atoms with Crippen molar-refractivity contribution in [2.24, 2.45) is 5.73 Å². The third kappa shape index (κ3) is 3.92. The van der Waals surface area contributed by atoms with Crippen molar-refractivity contribution in [3.05, 3.63) is 29.7 Å². The summed E-state index contributed by atoms with van der Waals surface area (Å²) in [4.78, 5) is 10.5. The lowest BCUT2D eigenvalue weighted by Crippen LogP contribution is -2.50. The van der Waals surface area contributed by atoms with E-state index < -0.39 is 6.10 Å². The van der Waals surface area contributed by atoms with Crippen molar-refractivity contribution in [2.75, 3.05) is 26.7 Å². The summed E-state index contributed by atoms with van der Waals surface area (Å²) >= 11 is 0. The highest BCUT2D eigenvalue weighted by Crippen LogP contribution is 2.22. The molecule has 0 aromatic carbocycles. The molecule has 0 spiro atoms. The van der Waals surface area contributed by atoms with Crippen LogP contribution in [-0.4, -0.2) is 58.9 Å². The van der Waals surface area contributed by atoms with E-state index in [1.807, 2.05) is 0 Å². The summed E-state index contributed by atoms with van der Waals surface area (Å²) < 4.78 is 19.3. The molecule has 0 bridgehead atoms. The lowest BCUT2D eigenvalue weighted by atomic mass is 10.0. The first kappa shape index (κ1) is 18.8. The molecule has 3 rings (SSSR count). The molecule has 24 heavy (non-hydrogen) atoms.